The zero-order valence-corrected chi connectivity index (χ0v) is 18.4. The minimum Gasteiger partial charge on any atom is -0.376 e. The molecule has 2 aromatic rings. The molecule has 1 N–H and O–H groups in total. The molecule has 1 atom stereocenters. The number of rotatable bonds is 5. The lowest BCUT2D eigenvalue weighted by atomic mass is 9.71. The van der Waals surface area contributed by atoms with Gasteiger partial charge in [-0.2, -0.15) is 18.4 Å². The van der Waals surface area contributed by atoms with Gasteiger partial charge in [0, 0.05) is 23.0 Å². The van der Waals surface area contributed by atoms with E-state index in [0.717, 1.165) is 30.7 Å². The normalized spacial score (nSPS) is 25.6. The summed E-state index contributed by atoms with van der Waals surface area (Å²) >= 11 is 1.46. The fourth-order valence-electron chi connectivity index (χ4n) is 4.48. The molecule has 1 amide bonds. The number of nitrogens with zero attached hydrogens (tertiary/aromatic N) is 3. The molecular formula is C23H24F3N3O2S. The quantitative estimate of drug-likeness (QED) is 0.683. The van der Waals surface area contributed by atoms with Gasteiger partial charge in [0.1, 0.15) is 5.41 Å². The van der Waals surface area contributed by atoms with E-state index in [1.165, 1.54) is 23.5 Å². The first-order valence-electron chi connectivity index (χ1n) is 10.6. The molecule has 2 fully saturated rings. The molecule has 2 saturated carbocycles. The number of carbonyl (C=O) groups excluding carboxylic acids is 1. The Balaban J connectivity index is 1.51. The molecule has 170 valence electrons. The first kappa shape index (κ1) is 22.7. The van der Waals surface area contributed by atoms with Crippen LogP contribution < -0.4 is 0 Å². The number of hydrogen-bond donors (Lipinski definition) is 1. The van der Waals surface area contributed by atoms with E-state index in [9.17, 15) is 28.3 Å². The Kier molecular flexibility index (Phi) is 5.80. The van der Waals surface area contributed by atoms with Crippen LogP contribution in [0, 0.1) is 11.3 Å². The zero-order chi connectivity index (χ0) is 23.1. The van der Waals surface area contributed by atoms with Crippen molar-refractivity contribution in [2.24, 2.45) is 0 Å². The van der Waals surface area contributed by atoms with Gasteiger partial charge in [-0.25, -0.2) is 4.98 Å². The first-order chi connectivity index (χ1) is 15.1. The van der Waals surface area contributed by atoms with E-state index in [1.807, 2.05) is 10.3 Å². The topological polar surface area (TPSA) is 77.2 Å². The lowest BCUT2D eigenvalue weighted by Gasteiger charge is -2.40. The highest BCUT2D eigenvalue weighted by Crippen LogP contribution is 2.43. The van der Waals surface area contributed by atoms with Gasteiger partial charge < -0.3 is 10.0 Å². The fraction of sp³-hybridized carbons (Fsp3) is 0.522. The van der Waals surface area contributed by atoms with Gasteiger partial charge in [0.15, 0.2) is 5.60 Å². The second kappa shape index (κ2) is 8.16. The van der Waals surface area contributed by atoms with Crippen LogP contribution in [0.3, 0.4) is 0 Å². The predicted octanol–water partition coefficient (Wildman–Crippen LogP) is 4.92. The molecule has 0 saturated heterocycles. The second-order valence-corrected chi connectivity index (χ2v) is 9.61. The summed E-state index contributed by atoms with van der Waals surface area (Å²) in [5, 5.41) is 21.6. The van der Waals surface area contributed by atoms with Gasteiger partial charge in [0.05, 0.1) is 17.3 Å². The maximum atomic E-state index is 13.3. The van der Waals surface area contributed by atoms with Crippen LogP contribution in [0.25, 0.3) is 0 Å². The SMILES string of the molecule is C[C@](O)(c1ccc(C(=O)N(C2CC2)C2CCC(C#N)(c3cscn3)CC2)cc1)C(F)(F)F. The Hall–Kier alpha value is -2.44. The molecule has 1 aromatic heterocycles. The van der Waals surface area contributed by atoms with Crippen LogP contribution in [-0.4, -0.2) is 39.2 Å². The Bertz CT molecular complexity index is 1000. The number of benzene rings is 1. The first-order valence-corrected chi connectivity index (χ1v) is 11.6. The minimum atomic E-state index is -4.81. The molecule has 0 aliphatic heterocycles. The third-order valence-corrected chi connectivity index (χ3v) is 7.35. The summed E-state index contributed by atoms with van der Waals surface area (Å²) in [6.07, 6.45) is -0.436. The summed E-state index contributed by atoms with van der Waals surface area (Å²) in [4.78, 5) is 19.5. The monoisotopic (exact) mass is 463 g/mol. The molecule has 2 aliphatic rings. The minimum absolute atomic E-state index is 0.0203. The van der Waals surface area contributed by atoms with Crippen LogP contribution in [0.5, 0.6) is 0 Å². The summed E-state index contributed by atoms with van der Waals surface area (Å²) < 4.78 is 39.3. The number of amides is 1. The van der Waals surface area contributed by atoms with E-state index in [1.54, 1.807) is 5.51 Å². The molecule has 4 rings (SSSR count). The number of halogens is 3. The Morgan fingerprint density at radius 1 is 1.19 bits per heavy atom. The van der Waals surface area contributed by atoms with E-state index in [4.69, 9.17) is 0 Å². The number of aromatic nitrogens is 1. The van der Waals surface area contributed by atoms with Crippen LogP contribution in [0.2, 0.25) is 0 Å². The van der Waals surface area contributed by atoms with Gasteiger partial charge >= 0.3 is 6.18 Å². The van der Waals surface area contributed by atoms with Crippen molar-refractivity contribution in [2.75, 3.05) is 0 Å². The van der Waals surface area contributed by atoms with Crippen molar-refractivity contribution in [2.45, 2.75) is 74.7 Å². The molecule has 5 nitrogen and oxygen atoms in total. The van der Waals surface area contributed by atoms with E-state index in [-0.39, 0.29) is 23.6 Å². The van der Waals surface area contributed by atoms with E-state index < -0.39 is 17.2 Å². The van der Waals surface area contributed by atoms with Crippen LogP contribution in [0.15, 0.2) is 35.2 Å². The molecule has 1 aromatic carbocycles. The van der Waals surface area contributed by atoms with E-state index >= 15 is 0 Å². The molecule has 2 aliphatic carbocycles. The van der Waals surface area contributed by atoms with Crippen LogP contribution in [-0.2, 0) is 11.0 Å². The molecule has 9 heteroatoms. The lowest BCUT2D eigenvalue weighted by molar-refractivity contribution is -0.258. The number of aliphatic hydroxyl groups is 1. The Labute approximate surface area is 188 Å². The maximum absolute atomic E-state index is 13.3. The van der Waals surface area contributed by atoms with Gasteiger partial charge in [-0.1, -0.05) is 12.1 Å². The average molecular weight is 464 g/mol. The molecule has 0 spiro atoms. The number of carbonyl (C=O) groups is 1. The third-order valence-electron chi connectivity index (χ3n) is 6.76. The predicted molar refractivity (Wildman–Crippen MR) is 113 cm³/mol. The zero-order valence-electron chi connectivity index (χ0n) is 17.6. The smallest absolute Gasteiger partial charge is 0.376 e. The summed E-state index contributed by atoms with van der Waals surface area (Å²) in [6, 6.07) is 7.58. The fourth-order valence-corrected chi connectivity index (χ4v) is 5.13. The van der Waals surface area contributed by atoms with Gasteiger partial charge in [-0.3, -0.25) is 4.79 Å². The van der Waals surface area contributed by atoms with Crippen LogP contribution >= 0.6 is 11.3 Å². The third kappa shape index (κ3) is 4.02. The van der Waals surface area contributed by atoms with Crippen molar-refractivity contribution >= 4 is 17.2 Å². The number of nitriles is 1. The summed E-state index contributed by atoms with van der Waals surface area (Å²) in [6.45, 7) is 0.701. The maximum Gasteiger partial charge on any atom is 0.421 e. The van der Waals surface area contributed by atoms with Crippen molar-refractivity contribution in [3.63, 3.8) is 0 Å². The lowest BCUT2D eigenvalue weighted by Crippen LogP contribution is -2.46. The van der Waals surface area contributed by atoms with E-state index in [2.05, 4.69) is 11.1 Å². The number of hydrogen-bond acceptors (Lipinski definition) is 5. The largest absolute Gasteiger partial charge is 0.421 e. The summed E-state index contributed by atoms with van der Waals surface area (Å²) in [7, 11) is 0. The molecule has 0 unspecified atom stereocenters. The van der Waals surface area contributed by atoms with Crippen molar-refractivity contribution in [3.05, 3.63) is 52.0 Å². The second-order valence-electron chi connectivity index (χ2n) is 8.89. The molecule has 0 bridgehead atoms. The standard InChI is InChI=1S/C23H24F3N3O2S/c1-21(31,23(24,25)26)16-4-2-15(3-5-16)20(30)29(17-6-7-17)18-8-10-22(13-27,11-9-18)19-12-32-14-28-19/h2-5,12,14,17-18,31H,6-11H2,1H3/t18?,21-,22?/m0/s1. The van der Waals surface area contributed by atoms with Gasteiger partial charge in [0.25, 0.3) is 5.91 Å². The van der Waals surface area contributed by atoms with Crippen molar-refractivity contribution in [1.82, 2.24) is 9.88 Å². The van der Waals surface area contributed by atoms with Crippen molar-refractivity contribution < 1.29 is 23.1 Å². The highest BCUT2D eigenvalue weighted by Gasteiger charge is 2.51. The average Bonchev–Trinajstić information content (AvgIpc) is 3.44. The highest BCUT2D eigenvalue weighted by atomic mass is 32.1. The molecule has 32 heavy (non-hydrogen) atoms. The Morgan fingerprint density at radius 2 is 1.78 bits per heavy atom. The molecule has 1 heterocycles. The highest BCUT2D eigenvalue weighted by molar-refractivity contribution is 7.07. The van der Waals surface area contributed by atoms with Crippen molar-refractivity contribution in [3.8, 4) is 6.07 Å². The van der Waals surface area contributed by atoms with Gasteiger partial charge in [-0.15, -0.1) is 11.3 Å². The molecule has 0 radical (unpaired) electrons. The summed E-state index contributed by atoms with van der Waals surface area (Å²) in [5.74, 6) is -0.214. The number of alkyl halides is 3. The summed E-state index contributed by atoms with van der Waals surface area (Å²) in [5.41, 5.74) is -1.10. The van der Waals surface area contributed by atoms with Crippen molar-refractivity contribution in [1.29, 1.82) is 5.26 Å². The van der Waals surface area contributed by atoms with Gasteiger partial charge in [-0.05, 0) is 63.1 Å². The van der Waals surface area contributed by atoms with Gasteiger partial charge in [0.2, 0.25) is 0 Å². The van der Waals surface area contributed by atoms with Crippen LogP contribution in [0.1, 0.15) is 67.1 Å². The van der Waals surface area contributed by atoms with E-state index in [0.29, 0.717) is 38.2 Å². The van der Waals surface area contributed by atoms with Crippen LogP contribution in [0.4, 0.5) is 13.2 Å². The Morgan fingerprint density at radius 3 is 2.25 bits per heavy atom. The number of thiazole rings is 1. The molecular weight excluding hydrogens is 439 g/mol.